The van der Waals surface area contributed by atoms with Gasteiger partial charge in [-0.2, -0.15) is 5.26 Å². The molecular weight excluding hydrogens is 284 g/mol. The Morgan fingerprint density at radius 3 is 2.17 bits per heavy atom. The summed E-state index contributed by atoms with van der Waals surface area (Å²) >= 11 is 0. The van der Waals surface area contributed by atoms with E-state index in [1.54, 1.807) is 12.3 Å². The molecule has 2 rings (SSSR count). The van der Waals surface area contributed by atoms with Gasteiger partial charge in [-0.05, 0) is 35.4 Å². The zero-order valence-corrected chi connectivity index (χ0v) is 13.7. The molecule has 23 heavy (non-hydrogen) atoms. The minimum Gasteiger partial charge on any atom is -0.623 e. The van der Waals surface area contributed by atoms with Gasteiger partial charge in [0.1, 0.15) is 0 Å². The Hall–Kier alpha value is -2.86. The lowest BCUT2D eigenvalue weighted by Gasteiger charge is -2.18. The van der Waals surface area contributed by atoms with E-state index in [0.29, 0.717) is 5.56 Å². The van der Waals surface area contributed by atoms with Crippen molar-refractivity contribution in [1.29, 1.82) is 5.26 Å². The van der Waals surface area contributed by atoms with Crippen LogP contribution < -0.4 is 0 Å². The van der Waals surface area contributed by atoms with Crippen molar-refractivity contribution in [2.45, 2.75) is 26.3 Å². The van der Waals surface area contributed by atoms with Gasteiger partial charge in [-0.3, -0.25) is 0 Å². The fourth-order valence-electron chi connectivity index (χ4n) is 1.93. The summed E-state index contributed by atoms with van der Waals surface area (Å²) in [5.74, 6) is 0. The third-order valence-corrected chi connectivity index (χ3v) is 3.35. The Morgan fingerprint density at radius 1 is 0.957 bits per heavy atom. The first-order chi connectivity index (χ1) is 10.9. The van der Waals surface area contributed by atoms with Crippen LogP contribution in [0.25, 0.3) is 12.2 Å². The Morgan fingerprint density at radius 2 is 1.57 bits per heavy atom. The number of hydroxylamine groups is 1. The van der Waals surface area contributed by atoms with Crippen LogP contribution in [-0.4, -0.2) is 16.5 Å². The second-order valence-electron chi connectivity index (χ2n) is 6.36. The summed E-state index contributed by atoms with van der Waals surface area (Å²) in [6.45, 7) is 5.63. The number of nitriles is 1. The van der Waals surface area contributed by atoms with Gasteiger partial charge >= 0.3 is 0 Å². The number of benzene rings is 2. The maximum Gasteiger partial charge on any atom is 0.182 e. The van der Waals surface area contributed by atoms with E-state index in [1.165, 1.54) is 0 Å². The smallest absolute Gasteiger partial charge is 0.182 e. The molecule has 0 aliphatic carbocycles. The zero-order valence-electron chi connectivity index (χ0n) is 13.7. The lowest BCUT2D eigenvalue weighted by atomic mass is 10.1. The molecule has 0 saturated heterocycles. The molecule has 0 aliphatic rings. The standard InChI is InChI=1S/C20H20N2O/c1-20(2,3)22(23)15-18-11-8-16(9-12-18)7-10-17-5-4-6-19(13-17)14-21/h4-13,15H,1-3H3/b10-7+,22-15+. The van der Waals surface area contributed by atoms with Crippen LogP contribution in [0.1, 0.15) is 43.0 Å². The first-order valence-corrected chi connectivity index (χ1v) is 7.48. The third-order valence-electron chi connectivity index (χ3n) is 3.35. The van der Waals surface area contributed by atoms with Crippen LogP contribution >= 0.6 is 0 Å². The van der Waals surface area contributed by atoms with Gasteiger partial charge in [0.05, 0.1) is 11.6 Å². The van der Waals surface area contributed by atoms with Crippen LogP contribution in [0, 0.1) is 16.5 Å². The van der Waals surface area contributed by atoms with E-state index >= 15 is 0 Å². The lowest BCUT2D eigenvalue weighted by Crippen LogP contribution is -2.29. The molecule has 0 aromatic heterocycles. The molecular formula is C20H20N2O. The third kappa shape index (κ3) is 4.82. The van der Waals surface area contributed by atoms with Gasteiger partial charge in [0.25, 0.3) is 0 Å². The molecule has 0 unspecified atom stereocenters. The topological polar surface area (TPSA) is 49.9 Å². The van der Waals surface area contributed by atoms with Crippen LogP contribution in [0.4, 0.5) is 0 Å². The van der Waals surface area contributed by atoms with Gasteiger partial charge in [-0.25, -0.2) is 4.74 Å². The summed E-state index contributed by atoms with van der Waals surface area (Å²) < 4.78 is 0.964. The molecule has 0 aliphatic heterocycles. The number of rotatable bonds is 3. The molecule has 0 N–H and O–H groups in total. The van der Waals surface area contributed by atoms with E-state index in [-0.39, 0.29) is 0 Å². The van der Waals surface area contributed by atoms with Crippen molar-refractivity contribution in [1.82, 2.24) is 0 Å². The number of nitrogens with zero attached hydrogens (tertiary/aromatic N) is 2. The molecule has 2 aromatic rings. The van der Waals surface area contributed by atoms with Gasteiger partial charge in [-0.1, -0.05) is 36.4 Å². The molecule has 0 saturated carbocycles. The highest BCUT2D eigenvalue weighted by Crippen LogP contribution is 2.11. The second kappa shape index (κ2) is 6.93. The summed E-state index contributed by atoms with van der Waals surface area (Å²) in [7, 11) is 0. The van der Waals surface area contributed by atoms with E-state index in [2.05, 4.69) is 6.07 Å². The summed E-state index contributed by atoms with van der Waals surface area (Å²) in [5.41, 5.74) is 3.11. The van der Waals surface area contributed by atoms with Gasteiger partial charge in [0.15, 0.2) is 11.8 Å². The van der Waals surface area contributed by atoms with Crippen molar-refractivity contribution in [3.63, 3.8) is 0 Å². The first kappa shape index (κ1) is 16.5. The largest absolute Gasteiger partial charge is 0.623 e. The molecule has 0 spiro atoms. The van der Waals surface area contributed by atoms with E-state index in [1.807, 2.05) is 75.4 Å². The van der Waals surface area contributed by atoms with Crippen LogP contribution in [0.2, 0.25) is 0 Å². The second-order valence-corrected chi connectivity index (χ2v) is 6.36. The molecule has 0 amide bonds. The number of hydrogen-bond acceptors (Lipinski definition) is 2. The molecule has 0 radical (unpaired) electrons. The Kier molecular flexibility index (Phi) is 4.98. The summed E-state index contributed by atoms with van der Waals surface area (Å²) in [6, 6.07) is 17.4. The van der Waals surface area contributed by atoms with Crippen molar-refractivity contribution in [3.05, 3.63) is 76.0 Å². The minimum atomic E-state index is -0.440. The highest BCUT2D eigenvalue weighted by atomic mass is 16.5. The van der Waals surface area contributed by atoms with E-state index in [9.17, 15) is 5.21 Å². The van der Waals surface area contributed by atoms with E-state index < -0.39 is 5.54 Å². The first-order valence-electron chi connectivity index (χ1n) is 7.48. The van der Waals surface area contributed by atoms with Crippen LogP contribution in [0.5, 0.6) is 0 Å². The summed E-state index contributed by atoms with van der Waals surface area (Å²) in [5, 5.41) is 20.8. The van der Waals surface area contributed by atoms with Gasteiger partial charge in [0.2, 0.25) is 0 Å². The van der Waals surface area contributed by atoms with Crippen LogP contribution in [-0.2, 0) is 0 Å². The Bertz CT molecular complexity index is 773. The van der Waals surface area contributed by atoms with E-state index in [0.717, 1.165) is 21.4 Å². The summed E-state index contributed by atoms with van der Waals surface area (Å²) in [4.78, 5) is 0. The molecule has 0 heterocycles. The van der Waals surface area contributed by atoms with Crippen LogP contribution in [0.15, 0.2) is 48.5 Å². The molecule has 0 bridgehead atoms. The zero-order chi connectivity index (χ0) is 16.9. The van der Waals surface area contributed by atoms with Gasteiger partial charge < -0.3 is 5.21 Å². The average molecular weight is 304 g/mol. The Balaban J connectivity index is 2.14. The monoisotopic (exact) mass is 304 g/mol. The van der Waals surface area contributed by atoms with Crippen molar-refractivity contribution in [2.75, 3.05) is 0 Å². The van der Waals surface area contributed by atoms with Crippen molar-refractivity contribution >= 4 is 18.4 Å². The Labute approximate surface area is 137 Å². The van der Waals surface area contributed by atoms with Crippen molar-refractivity contribution in [2.24, 2.45) is 0 Å². The number of hydrogen-bond donors (Lipinski definition) is 0. The van der Waals surface area contributed by atoms with Gasteiger partial charge in [-0.15, -0.1) is 0 Å². The quantitative estimate of drug-likeness (QED) is 0.276. The highest BCUT2D eigenvalue weighted by molar-refractivity contribution is 5.77. The average Bonchev–Trinajstić information content (AvgIpc) is 2.53. The lowest BCUT2D eigenvalue weighted by molar-refractivity contribution is -0.530. The maximum atomic E-state index is 11.9. The normalized spacial score (nSPS) is 12.3. The fourth-order valence-corrected chi connectivity index (χ4v) is 1.93. The van der Waals surface area contributed by atoms with Crippen molar-refractivity contribution in [3.8, 4) is 6.07 Å². The van der Waals surface area contributed by atoms with Gasteiger partial charge in [0, 0.05) is 26.3 Å². The van der Waals surface area contributed by atoms with Crippen LogP contribution in [0.3, 0.4) is 0 Å². The predicted octanol–water partition coefficient (Wildman–Crippen LogP) is 4.46. The fraction of sp³-hybridized carbons (Fsp3) is 0.200. The molecule has 2 aromatic carbocycles. The summed E-state index contributed by atoms with van der Waals surface area (Å²) in [6.07, 6.45) is 5.55. The predicted molar refractivity (Wildman–Crippen MR) is 95.1 cm³/mol. The molecule has 3 heteroatoms. The minimum absolute atomic E-state index is 0.440. The molecule has 116 valence electrons. The maximum absolute atomic E-state index is 11.9. The molecule has 0 fully saturated rings. The highest BCUT2D eigenvalue weighted by Gasteiger charge is 2.17. The molecule has 3 nitrogen and oxygen atoms in total. The molecule has 0 atom stereocenters. The SMILES string of the molecule is CC(C)(C)/[N+]([O-])=C\c1ccc(/C=C/c2cccc(C#N)c2)cc1. The van der Waals surface area contributed by atoms with E-state index in [4.69, 9.17) is 5.26 Å². The van der Waals surface area contributed by atoms with Crippen molar-refractivity contribution < 1.29 is 4.74 Å².